The van der Waals surface area contributed by atoms with Crippen LogP contribution in [0, 0.1) is 0 Å². The van der Waals surface area contributed by atoms with E-state index in [0.717, 1.165) is 18.6 Å². The summed E-state index contributed by atoms with van der Waals surface area (Å²) < 4.78 is 2.48. The normalized spacial score (nSPS) is 25.0. The monoisotopic (exact) mass is 357 g/mol. The van der Waals surface area contributed by atoms with Crippen LogP contribution < -0.4 is 0 Å². The van der Waals surface area contributed by atoms with Crippen molar-refractivity contribution in [1.82, 2.24) is 14.5 Å². The van der Waals surface area contributed by atoms with Crippen LogP contribution in [0.4, 0.5) is 0 Å². The number of para-hydroxylation sites is 2. The first-order valence-electron chi connectivity index (χ1n) is 10.7. The van der Waals surface area contributed by atoms with Gasteiger partial charge in [0.15, 0.2) is 0 Å². The first kappa shape index (κ1) is 15.9. The minimum atomic E-state index is 0.473. The first-order chi connectivity index (χ1) is 13.4. The van der Waals surface area contributed by atoms with Crippen LogP contribution in [0.3, 0.4) is 0 Å². The van der Waals surface area contributed by atoms with Gasteiger partial charge in [0.05, 0.1) is 17.1 Å². The van der Waals surface area contributed by atoms with Crippen LogP contribution in [-0.4, -0.2) is 27.5 Å². The molecular formula is C24H27N3. The Kier molecular flexibility index (Phi) is 3.65. The maximum Gasteiger partial charge on any atom is 0.127 e. The van der Waals surface area contributed by atoms with Crippen molar-refractivity contribution in [2.24, 2.45) is 0 Å². The number of hydrogen-bond donors (Lipinski definition) is 0. The molecular weight excluding hydrogens is 330 g/mol. The van der Waals surface area contributed by atoms with Gasteiger partial charge in [-0.2, -0.15) is 0 Å². The van der Waals surface area contributed by atoms with Crippen LogP contribution in [0.5, 0.6) is 0 Å². The number of nitrogens with zero attached hydrogens (tertiary/aromatic N) is 3. The SMILES string of the molecule is c1ccc2c(c1)nc1n2CCN2CCC(c3ccc4c(c3)CCCC4)C[C@H]12. The van der Waals surface area contributed by atoms with Crippen LogP contribution in [0.15, 0.2) is 42.5 Å². The van der Waals surface area contributed by atoms with Crippen LogP contribution in [0.2, 0.25) is 0 Å². The fourth-order valence-corrected chi connectivity index (χ4v) is 5.67. The van der Waals surface area contributed by atoms with E-state index in [9.17, 15) is 0 Å². The van der Waals surface area contributed by atoms with Crippen LogP contribution in [0.25, 0.3) is 11.0 Å². The topological polar surface area (TPSA) is 21.1 Å². The zero-order chi connectivity index (χ0) is 17.8. The summed E-state index contributed by atoms with van der Waals surface area (Å²) in [6.45, 7) is 3.44. The standard InChI is InChI=1S/C24H27N3/c1-2-6-18-15-19(10-9-17(18)5-1)20-11-12-26-13-14-27-22-8-4-3-7-21(22)25-24(27)23(26)16-20/h3-4,7-10,15,20,23H,1-2,5-6,11-14,16H2/t20?,23-/m1/s1. The Morgan fingerprint density at radius 3 is 2.74 bits per heavy atom. The quantitative estimate of drug-likeness (QED) is 0.621. The predicted octanol–water partition coefficient (Wildman–Crippen LogP) is 4.85. The summed E-state index contributed by atoms with van der Waals surface area (Å²) in [5, 5.41) is 0. The Labute approximate surface area is 161 Å². The summed E-state index contributed by atoms with van der Waals surface area (Å²) >= 11 is 0. The number of piperidine rings is 1. The third kappa shape index (κ3) is 2.55. The Bertz CT molecular complexity index is 1000. The molecule has 3 heterocycles. The summed E-state index contributed by atoms with van der Waals surface area (Å²) in [4.78, 5) is 7.73. The summed E-state index contributed by atoms with van der Waals surface area (Å²) in [5.41, 5.74) is 7.26. The lowest BCUT2D eigenvalue weighted by Crippen LogP contribution is -2.43. The van der Waals surface area contributed by atoms with Gasteiger partial charge in [-0.05, 0) is 79.8 Å². The van der Waals surface area contributed by atoms with Gasteiger partial charge in [-0.15, -0.1) is 0 Å². The van der Waals surface area contributed by atoms with E-state index in [2.05, 4.69) is 51.9 Å². The minimum Gasteiger partial charge on any atom is -0.325 e. The summed E-state index contributed by atoms with van der Waals surface area (Å²) in [6.07, 6.45) is 7.78. The molecule has 1 fully saturated rings. The van der Waals surface area contributed by atoms with E-state index in [4.69, 9.17) is 4.98 Å². The molecule has 27 heavy (non-hydrogen) atoms. The van der Waals surface area contributed by atoms with E-state index < -0.39 is 0 Å². The second-order valence-electron chi connectivity index (χ2n) is 8.62. The lowest BCUT2D eigenvalue weighted by molar-refractivity contribution is 0.101. The fraction of sp³-hybridized carbons (Fsp3) is 0.458. The Hall–Kier alpha value is -2.13. The van der Waals surface area contributed by atoms with Crippen molar-refractivity contribution in [1.29, 1.82) is 0 Å². The van der Waals surface area contributed by atoms with Gasteiger partial charge in [-0.3, -0.25) is 4.90 Å². The molecule has 3 aromatic rings. The molecule has 3 heteroatoms. The van der Waals surface area contributed by atoms with Gasteiger partial charge in [0.25, 0.3) is 0 Å². The number of rotatable bonds is 1. The first-order valence-corrected chi connectivity index (χ1v) is 10.7. The molecule has 3 nitrogen and oxygen atoms in total. The number of fused-ring (bicyclic) bond motifs is 6. The Morgan fingerprint density at radius 2 is 1.78 bits per heavy atom. The largest absolute Gasteiger partial charge is 0.325 e. The molecule has 138 valence electrons. The van der Waals surface area contributed by atoms with Gasteiger partial charge in [0.1, 0.15) is 5.82 Å². The van der Waals surface area contributed by atoms with Crippen molar-refractivity contribution < 1.29 is 0 Å². The highest BCUT2D eigenvalue weighted by Crippen LogP contribution is 2.42. The predicted molar refractivity (Wildman–Crippen MR) is 109 cm³/mol. The van der Waals surface area contributed by atoms with E-state index in [0.29, 0.717) is 12.0 Å². The summed E-state index contributed by atoms with van der Waals surface area (Å²) in [7, 11) is 0. The molecule has 1 unspecified atom stereocenters. The second-order valence-corrected chi connectivity index (χ2v) is 8.62. The molecule has 1 saturated heterocycles. The zero-order valence-electron chi connectivity index (χ0n) is 15.9. The van der Waals surface area contributed by atoms with Gasteiger partial charge < -0.3 is 4.57 Å². The van der Waals surface area contributed by atoms with E-state index in [1.807, 2.05) is 0 Å². The number of aryl methyl sites for hydroxylation is 2. The van der Waals surface area contributed by atoms with Crippen molar-refractivity contribution in [2.75, 3.05) is 13.1 Å². The molecule has 0 amide bonds. The second kappa shape index (κ2) is 6.20. The molecule has 6 rings (SSSR count). The van der Waals surface area contributed by atoms with Gasteiger partial charge >= 0.3 is 0 Å². The Morgan fingerprint density at radius 1 is 0.889 bits per heavy atom. The number of hydrogen-bond acceptors (Lipinski definition) is 2. The van der Waals surface area contributed by atoms with Gasteiger partial charge in [-0.1, -0.05) is 30.3 Å². The Balaban J connectivity index is 1.34. The molecule has 0 N–H and O–H groups in total. The van der Waals surface area contributed by atoms with E-state index >= 15 is 0 Å². The highest BCUT2D eigenvalue weighted by atomic mass is 15.3. The third-order valence-electron chi connectivity index (χ3n) is 7.15. The van der Waals surface area contributed by atoms with E-state index in [1.54, 1.807) is 16.7 Å². The maximum absolute atomic E-state index is 5.06. The molecule has 3 aliphatic rings. The number of imidazole rings is 1. The fourth-order valence-electron chi connectivity index (χ4n) is 5.67. The van der Waals surface area contributed by atoms with Gasteiger partial charge in [0.2, 0.25) is 0 Å². The van der Waals surface area contributed by atoms with Crippen LogP contribution in [0.1, 0.15) is 60.2 Å². The average Bonchev–Trinajstić information content (AvgIpc) is 3.12. The summed E-state index contributed by atoms with van der Waals surface area (Å²) in [5.74, 6) is 1.97. The summed E-state index contributed by atoms with van der Waals surface area (Å²) in [6, 6.07) is 16.5. The molecule has 2 aliphatic heterocycles. The average molecular weight is 358 g/mol. The van der Waals surface area contributed by atoms with Crippen molar-refractivity contribution in [3.8, 4) is 0 Å². The number of aromatic nitrogens is 2. The smallest absolute Gasteiger partial charge is 0.127 e. The lowest BCUT2D eigenvalue weighted by atomic mass is 9.81. The zero-order valence-corrected chi connectivity index (χ0v) is 15.9. The minimum absolute atomic E-state index is 0.473. The third-order valence-corrected chi connectivity index (χ3v) is 7.15. The van der Waals surface area contributed by atoms with E-state index in [-0.39, 0.29) is 0 Å². The highest BCUT2D eigenvalue weighted by Gasteiger charge is 2.36. The molecule has 0 saturated carbocycles. The van der Waals surface area contributed by atoms with Gasteiger partial charge in [-0.25, -0.2) is 4.98 Å². The van der Waals surface area contributed by atoms with Crippen molar-refractivity contribution in [2.45, 2.75) is 57.0 Å². The highest BCUT2D eigenvalue weighted by molar-refractivity contribution is 5.76. The van der Waals surface area contributed by atoms with Crippen LogP contribution >= 0.6 is 0 Å². The number of benzene rings is 2. The molecule has 0 bridgehead atoms. The van der Waals surface area contributed by atoms with E-state index in [1.165, 1.54) is 56.4 Å². The van der Waals surface area contributed by atoms with Crippen molar-refractivity contribution in [3.63, 3.8) is 0 Å². The maximum atomic E-state index is 5.06. The molecule has 1 aliphatic carbocycles. The molecule has 0 spiro atoms. The van der Waals surface area contributed by atoms with Crippen molar-refractivity contribution >= 4 is 11.0 Å². The van der Waals surface area contributed by atoms with Crippen molar-refractivity contribution in [3.05, 3.63) is 65.0 Å². The van der Waals surface area contributed by atoms with Gasteiger partial charge in [0, 0.05) is 13.1 Å². The molecule has 2 atom stereocenters. The van der Waals surface area contributed by atoms with Crippen LogP contribution in [-0.2, 0) is 19.4 Å². The lowest BCUT2D eigenvalue weighted by Gasteiger charge is -2.42. The molecule has 1 aromatic heterocycles. The molecule has 0 radical (unpaired) electrons. The molecule has 2 aromatic carbocycles.